The number of alkyl halides is 2. The summed E-state index contributed by atoms with van der Waals surface area (Å²) in [6, 6.07) is 0. The summed E-state index contributed by atoms with van der Waals surface area (Å²) in [5.41, 5.74) is 0. The first kappa shape index (κ1) is 10.5. The molecule has 0 saturated heterocycles. The molecular weight excluding hydrogens is 338 g/mol. The second-order valence-corrected chi connectivity index (χ2v) is 4.89. The molecule has 0 rings (SSSR count). The third kappa shape index (κ3) is 7.36. The van der Waals surface area contributed by atoms with Crippen LogP contribution in [-0.4, -0.2) is 8.35 Å². The molecule has 0 bridgehead atoms. The average Bonchev–Trinajstić information content (AvgIpc) is 1.89. The van der Waals surface area contributed by atoms with E-state index in [2.05, 4.69) is 52.1 Å². The number of hydrogen-bond donors (Lipinski definition) is 0. The fourth-order valence-corrected chi connectivity index (χ4v) is 1.57. The maximum Gasteiger partial charge on any atom is 0.0199 e. The van der Waals surface area contributed by atoms with Crippen molar-refractivity contribution in [1.82, 2.24) is 0 Å². The Morgan fingerprint density at radius 2 is 2.00 bits per heavy atom. The monoisotopic (exact) mass is 352 g/mol. The van der Waals surface area contributed by atoms with Crippen molar-refractivity contribution in [3.63, 3.8) is 0 Å². The molecule has 0 nitrogen and oxygen atoms in total. The van der Waals surface area contributed by atoms with E-state index in [0.29, 0.717) is 0 Å². The predicted octanol–water partition coefficient (Wildman–Crippen LogP) is 3.81. The minimum atomic E-state index is 0.912. The molecule has 0 aromatic carbocycles. The fourth-order valence-electron chi connectivity index (χ4n) is 0.693. The van der Waals surface area contributed by atoms with E-state index in [9.17, 15) is 0 Å². The summed E-state index contributed by atoms with van der Waals surface area (Å²) in [4.78, 5) is 0. The molecule has 1 atom stereocenters. The maximum absolute atomic E-state index is 2.54. The van der Waals surface area contributed by atoms with E-state index in [1.54, 1.807) is 0 Å². The third-order valence-corrected chi connectivity index (χ3v) is 5.10. The Balaban J connectivity index is 2.88. The van der Waals surface area contributed by atoms with Gasteiger partial charge in [0.05, 0.1) is 0 Å². The molecule has 0 aliphatic carbocycles. The van der Waals surface area contributed by atoms with Gasteiger partial charge in [0.1, 0.15) is 0 Å². The minimum absolute atomic E-state index is 0.912. The molecule has 0 aromatic rings. The van der Waals surface area contributed by atoms with Gasteiger partial charge in [0, 0.05) is 8.35 Å². The fraction of sp³-hybridized carbons (Fsp3) is 1.00. The first-order valence-corrected chi connectivity index (χ1v) is 6.28. The topological polar surface area (TPSA) is 0 Å². The van der Waals surface area contributed by atoms with Crippen molar-refractivity contribution >= 4 is 45.2 Å². The number of halogens is 2. The van der Waals surface area contributed by atoms with Crippen LogP contribution in [0.25, 0.3) is 0 Å². The van der Waals surface area contributed by atoms with Gasteiger partial charge in [-0.2, -0.15) is 0 Å². The zero-order chi connectivity index (χ0) is 7.11. The Labute approximate surface area is 85.5 Å². The third-order valence-electron chi connectivity index (χ3n) is 1.29. The zero-order valence-electron chi connectivity index (χ0n) is 5.87. The van der Waals surface area contributed by atoms with Gasteiger partial charge in [0.2, 0.25) is 0 Å². The molecule has 0 aromatic heterocycles. The van der Waals surface area contributed by atoms with E-state index in [1.807, 2.05) is 0 Å². The van der Waals surface area contributed by atoms with Crippen molar-refractivity contribution < 1.29 is 0 Å². The smallest absolute Gasteiger partial charge is 0.0199 e. The zero-order valence-corrected chi connectivity index (χ0v) is 10.2. The van der Waals surface area contributed by atoms with Gasteiger partial charge < -0.3 is 0 Å². The van der Waals surface area contributed by atoms with Crippen molar-refractivity contribution in [2.45, 2.75) is 36.5 Å². The van der Waals surface area contributed by atoms with E-state index in [-0.39, 0.29) is 0 Å². The Hall–Kier alpha value is 1.46. The Kier molecular flexibility index (Phi) is 8.79. The Morgan fingerprint density at radius 1 is 1.33 bits per heavy atom. The summed E-state index contributed by atoms with van der Waals surface area (Å²) >= 11 is 5.00. The van der Waals surface area contributed by atoms with Crippen molar-refractivity contribution in [3.8, 4) is 0 Å². The van der Waals surface area contributed by atoms with E-state index in [1.165, 1.54) is 30.1 Å². The van der Waals surface area contributed by atoms with Crippen molar-refractivity contribution in [2.24, 2.45) is 0 Å². The van der Waals surface area contributed by atoms with Crippen molar-refractivity contribution in [3.05, 3.63) is 0 Å². The lowest BCUT2D eigenvalue weighted by atomic mass is 10.2. The molecule has 2 heteroatoms. The average molecular weight is 352 g/mol. The second kappa shape index (κ2) is 7.57. The molecule has 1 unspecified atom stereocenters. The van der Waals surface area contributed by atoms with Crippen LogP contribution in [0.2, 0.25) is 0 Å². The summed E-state index contributed by atoms with van der Waals surface area (Å²) in [7, 11) is 0. The van der Waals surface area contributed by atoms with Gasteiger partial charge in [-0.05, 0) is 6.42 Å². The standard InChI is InChI=1S/C7H14I2/c1-2-3-4-5-7(9)6-8/h7H,2-6H2,1H3. The van der Waals surface area contributed by atoms with Gasteiger partial charge >= 0.3 is 0 Å². The normalized spacial score (nSPS) is 13.7. The molecule has 0 N–H and O–H groups in total. The van der Waals surface area contributed by atoms with Crippen LogP contribution in [0.1, 0.15) is 32.6 Å². The molecule has 0 aliphatic rings. The van der Waals surface area contributed by atoms with Crippen LogP contribution in [-0.2, 0) is 0 Å². The summed E-state index contributed by atoms with van der Waals surface area (Å²) in [6.45, 7) is 2.26. The van der Waals surface area contributed by atoms with Crippen molar-refractivity contribution in [1.29, 1.82) is 0 Å². The lowest BCUT2D eigenvalue weighted by molar-refractivity contribution is 0.677. The van der Waals surface area contributed by atoms with E-state index >= 15 is 0 Å². The highest BCUT2D eigenvalue weighted by molar-refractivity contribution is 14.1. The van der Waals surface area contributed by atoms with Crippen LogP contribution in [0, 0.1) is 0 Å². The molecule has 0 amide bonds. The van der Waals surface area contributed by atoms with Crippen molar-refractivity contribution in [2.75, 3.05) is 4.43 Å². The first-order valence-electron chi connectivity index (χ1n) is 3.51. The van der Waals surface area contributed by atoms with Gasteiger partial charge in [0.25, 0.3) is 0 Å². The molecule has 9 heavy (non-hydrogen) atoms. The van der Waals surface area contributed by atoms with Crippen LogP contribution in [0.5, 0.6) is 0 Å². The van der Waals surface area contributed by atoms with Gasteiger partial charge in [-0.3, -0.25) is 0 Å². The highest BCUT2D eigenvalue weighted by atomic mass is 127. The van der Waals surface area contributed by atoms with E-state index < -0.39 is 0 Å². The Morgan fingerprint density at radius 3 is 2.44 bits per heavy atom. The summed E-state index contributed by atoms with van der Waals surface area (Å²) < 4.78 is 2.22. The summed E-state index contributed by atoms with van der Waals surface area (Å²) in [6.07, 6.45) is 5.60. The number of rotatable bonds is 5. The largest absolute Gasteiger partial charge is 0.0852 e. The van der Waals surface area contributed by atoms with Crippen LogP contribution in [0.15, 0.2) is 0 Å². The lowest BCUT2D eigenvalue weighted by Gasteiger charge is -2.02. The predicted molar refractivity (Wildman–Crippen MR) is 60.8 cm³/mol. The van der Waals surface area contributed by atoms with Gasteiger partial charge in [-0.25, -0.2) is 0 Å². The lowest BCUT2D eigenvalue weighted by Crippen LogP contribution is -1.97. The van der Waals surface area contributed by atoms with Gasteiger partial charge in [-0.1, -0.05) is 71.4 Å². The summed E-state index contributed by atoms with van der Waals surface area (Å²) in [5, 5.41) is 0. The van der Waals surface area contributed by atoms with Gasteiger partial charge in [0.15, 0.2) is 0 Å². The molecule has 0 aliphatic heterocycles. The van der Waals surface area contributed by atoms with E-state index in [4.69, 9.17) is 0 Å². The number of hydrogen-bond acceptors (Lipinski definition) is 0. The van der Waals surface area contributed by atoms with Crippen LogP contribution >= 0.6 is 45.2 Å². The number of unbranched alkanes of at least 4 members (excludes halogenated alkanes) is 2. The van der Waals surface area contributed by atoms with E-state index in [0.717, 1.165) is 3.92 Å². The SMILES string of the molecule is CCCCCC(I)CI. The molecular formula is C7H14I2. The quantitative estimate of drug-likeness (QED) is 0.401. The van der Waals surface area contributed by atoms with Crippen LogP contribution in [0.4, 0.5) is 0 Å². The van der Waals surface area contributed by atoms with Crippen LogP contribution in [0.3, 0.4) is 0 Å². The maximum atomic E-state index is 2.54. The highest BCUT2D eigenvalue weighted by Gasteiger charge is 1.98. The molecule has 0 heterocycles. The first-order chi connectivity index (χ1) is 4.31. The minimum Gasteiger partial charge on any atom is -0.0852 e. The summed E-state index contributed by atoms with van der Waals surface area (Å²) in [5.74, 6) is 0. The highest BCUT2D eigenvalue weighted by Crippen LogP contribution is 2.13. The Bertz CT molecular complexity index is 54.9. The molecule has 0 spiro atoms. The van der Waals surface area contributed by atoms with Gasteiger partial charge in [-0.15, -0.1) is 0 Å². The molecule has 56 valence electrons. The molecule has 0 saturated carbocycles. The van der Waals surface area contributed by atoms with Crippen LogP contribution < -0.4 is 0 Å². The molecule has 0 fully saturated rings. The molecule has 0 radical (unpaired) electrons. The second-order valence-electron chi connectivity index (χ2n) is 2.25.